The normalized spacial score (nSPS) is 13.0. The van der Waals surface area contributed by atoms with E-state index in [1.165, 1.54) is 16.7 Å². The summed E-state index contributed by atoms with van der Waals surface area (Å²) >= 11 is 5.96. The monoisotopic (exact) mass is 416 g/mol. The summed E-state index contributed by atoms with van der Waals surface area (Å²) < 4.78 is 0. The lowest BCUT2D eigenvalue weighted by atomic mass is 9.91. The second-order valence-electron chi connectivity index (χ2n) is 7.99. The minimum atomic E-state index is -0.0998. The number of anilines is 1. The van der Waals surface area contributed by atoms with E-state index in [1.807, 2.05) is 54.6 Å². The number of carbonyl (C=O) groups excluding carboxylic acids is 1. The molecule has 0 fully saturated rings. The molecular weight excluding hydrogens is 392 g/mol. The van der Waals surface area contributed by atoms with Crippen molar-refractivity contribution >= 4 is 29.3 Å². The first-order valence-electron chi connectivity index (χ1n) is 10.1. The molecule has 0 unspecified atom stereocenters. The first-order valence-corrected chi connectivity index (χ1v) is 10.5. The number of fused-ring (bicyclic) bond motifs is 1. The Bertz CT molecular complexity index is 1080. The second-order valence-corrected chi connectivity index (χ2v) is 8.43. The Morgan fingerprint density at radius 2 is 1.60 bits per heavy atom. The number of hydrogen-bond donors (Lipinski definition) is 1. The number of halogens is 1. The Morgan fingerprint density at radius 1 is 0.933 bits per heavy atom. The molecule has 30 heavy (non-hydrogen) atoms. The first kappa shape index (κ1) is 20.4. The fraction of sp³-hybridized carbons (Fsp3) is 0.192. The lowest BCUT2D eigenvalue weighted by Crippen LogP contribution is -2.17. The van der Waals surface area contributed by atoms with Crippen molar-refractivity contribution in [1.29, 1.82) is 0 Å². The van der Waals surface area contributed by atoms with Gasteiger partial charge in [-0.2, -0.15) is 0 Å². The fourth-order valence-electron chi connectivity index (χ4n) is 3.82. The molecule has 4 rings (SSSR count). The van der Waals surface area contributed by atoms with E-state index in [1.54, 1.807) is 0 Å². The number of likely N-dealkylation sites (N-methyl/N-ethyl adjacent to an activating group) is 1. The maximum Gasteiger partial charge on any atom is 0.255 e. The predicted octanol–water partition coefficient (Wildman–Crippen LogP) is 6.15. The highest BCUT2D eigenvalue weighted by Crippen LogP contribution is 2.27. The topological polar surface area (TPSA) is 32.3 Å². The van der Waals surface area contributed by atoms with E-state index in [2.05, 4.69) is 42.5 Å². The second kappa shape index (κ2) is 8.86. The molecule has 0 aliphatic heterocycles. The van der Waals surface area contributed by atoms with Crippen LogP contribution in [-0.2, 0) is 6.42 Å². The molecule has 0 aromatic heterocycles. The van der Waals surface area contributed by atoms with Crippen LogP contribution in [0.15, 0.2) is 72.3 Å². The maximum atomic E-state index is 12.7. The van der Waals surface area contributed by atoms with Crippen molar-refractivity contribution in [2.45, 2.75) is 12.8 Å². The van der Waals surface area contributed by atoms with Gasteiger partial charge in [0.2, 0.25) is 0 Å². The van der Waals surface area contributed by atoms with Crippen LogP contribution in [0.4, 0.5) is 5.69 Å². The molecule has 4 heteroatoms. The van der Waals surface area contributed by atoms with Gasteiger partial charge < -0.3 is 10.2 Å². The van der Waals surface area contributed by atoms with Crippen molar-refractivity contribution in [3.63, 3.8) is 0 Å². The van der Waals surface area contributed by atoms with Gasteiger partial charge in [-0.05, 0) is 85.6 Å². The molecule has 1 N–H and O–H groups in total. The molecule has 1 aliphatic rings. The summed E-state index contributed by atoms with van der Waals surface area (Å²) in [6.45, 7) is 0.990. The largest absolute Gasteiger partial charge is 0.322 e. The molecule has 3 nitrogen and oxygen atoms in total. The number of nitrogens with zero attached hydrogens (tertiary/aromatic N) is 1. The van der Waals surface area contributed by atoms with Crippen LogP contribution in [0.5, 0.6) is 0 Å². The SMILES string of the molecule is CN(C)CC1=Cc2ccc(NC(=O)c3ccc(-c4ccc(Cl)cc4)cc3)cc2CC1. The number of amides is 1. The molecule has 3 aromatic rings. The average Bonchev–Trinajstić information content (AvgIpc) is 2.74. The third kappa shape index (κ3) is 4.81. The van der Waals surface area contributed by atoms with Crippen LogP contribution in [0, 0.1) is 0 Å². The van der Waals surface area contributed by atoms with Gasteiger partial charge in [-0.3, -0.25) is 4.79 Å². The fourth-order valence-corrected chi connectivity index (χ4v) is 3.94. The van der Waals surface area contributed by atoms with Gasteiger partial charge in [-0.1, -0.05) is 53.6 Å². The number of hydrogen-bond acceptors (Lipinski definition) is 2. The van der Waals surface area contributed by atoms with Crippen LogP contribution in [0.2, 0.25) is 5.02 Å². The summed E-state index contributed by atoms with van der Waals surface area (Å²) in [6, 6.07) is 21.5. The Hall–Kier alpha value is -2.88. The third-order valence-electron chi connectivity index (χ3n) is 5.32. The van der Waals surface area contributed by atoms with Gasteiger partial charge in [0.15, 0.2) is 0 Å². The number of benzene rings is 3. The molecule has 1 amide bonds. The highest BCUT2D eigenvalue weighted by Gasteiger charge is 2.13. The van der Waals surface area contributed by atoms with Crippen molar-refractivity contribution < 1.29 is 4.79 Å². The van der Waals surface area contributed by atoms with E-state index >= 15 is 0 Å². The molecule has 152 valence electrons. The van der Waals surface area contributed by atoms with Crippen LogP contribution in [0.3, 0.4) is 0 Å². The molecule has 1 aliphatic carbocycles. The van der Waals surface area contributed by atoms with Crippen molar-refractivity contribution in [2.75, 3.05) is 26.0 Å². The quantitative estimate of drug-likeness (QED) is 0.540. The van der Waals surface area contributed by atoms with E-state index in [0.717, 1.165) is 36.2 Å². The number of aryl methyl sites for hydroxylation is 1. The smallest absolute Gasteiger partial charge is 0.255 e. The first-order chi connectivity index (χ1) is 14.5. The summed E-state index contributed by atoms with van der Waals surface area (Å²) in [5.41, 5.74) is 7.59. The van der Waals surface area contributed by atoms with Crippen LogP contribution in [0.25, 0.3) is 17.2 Å². The number of rotatable bonds is 5. The molecule has 0 atom stereocenters. The highest BCUT2D eigenvalue weighted by molar-refractivity contribution is 6.30. The van der Waals surface area contributed by atoms with E-state index in [9.17, 15) is 4.79 Å². The van der Waals surface area contributed by atoms with Gasteiger partial charge in [0, 0.05) is 22.8 Å². The van der Waals surface area contributed by atoms with Crippen LogP contribution in [-0.4, -0.2) is 31.4 Å². The van der Waals surface area contributed by atoms with Crippen LogP contribution >= 0.6 is 11.6 Å². The Labute approximate surface area is 183 Å². The van der Waals surface area contributed by atoms with Gasteiger partial charge in [-0.15, -0.1) is 0 Å². The summed E-state index contributed by atoms with van der Waals surface area (Å²) in [7, 11) is 4.19. The maximum absolute atomic E-state index is 12.7. The summed E-state index contributed by atoms with van der Waals surface area (Å²) in [4.78, 5) is 14.9. The van der Waals surface area contributed by atoms with E-state index < -0.39 is 0 Å². The standard InChI is InChI=1S/C26H25ClN2O/c1-29(2)17-18-3-4-23-16-25(14-11-22(23)15-18)28-26(30)21-7-5-19(6-8-21)20-9-12-24(27)13-10-20/h5-16H,3-4,17H2,1-2H3,(H,28,30). The zero-order valence-corrected chi connectivity index (χ0v) is 18.0. The summed E-state index contributed by atoms with van der Waals surface area (Å²) in [5.74, 6) is -0.0998. The molecule has 0 bridgehead atoms. The zero-order valence-electron chi connectivity index (χ0n) is 17.3. The van der Waals surface area contributed by atoms with Gasteiger partial charge in [0.05, 0.1) is 0 Å². The molecule has 0 saturated heterocycles. The average molecular weight is 417 g/mol. The Kier molecular flexibility index (Phi) is 6.03. The van der Waals surface area contributed by atoms with Crippen molar-refractivity contribution in [2.24, 2.45) is 0 Å². The zero-order chi connectivity index (χ0) is 21.1. The molecule has 0 spiro atoms. The minimum Gasteiger partial charge on any atom is -0.322 e. The minimum absolute atomic E-state index is 0.0998. The molecular formula is C26H25ClN2O. The number of nitrogens with one attached hydrogen (secondary N) is 1. The van der Waals surface area contributed by atoms with Gasteiger partial charge in [0.25, 0.3) is 5.91 Å². The van der Waals surface area contributed by atoms with Crippen molar-refractivity contribution in [1.82, 2.24) is 4.90 Å². The van der Waals surface area contributed by atoms with Gasteiger partial charge >= 0.3 is 0 Å². The van der Waals surface area contributed by atoms with Crippen molar-refractivity contribution in [3.8, 4) is 11.1 Å². The van der Waals surface area contributed by atoms with Crippen LogP contribution in [0.1, 0.15) is 27.9 Å². The van der Waals surface area contributed by atoms with E-state index in [4.69, 9.17) is 11.6 Å². The Balaban J connectivity index is 1.45. The molecule has 0 radical (unpaired) electrons. The molecule has 0 heterocycles. The van der Waals surface area contributed by atoms with E-state index in [-0.39, 0.29) is 5.91 Å². The number of carbonyl (C=O) groups is 1. The lowest BCUT2D eigenvalue weighted by Gasteiger charge is -2.20. The third-order valence-corrected chi connectivity index (χ3v) is 5.57. The highest BCUT2D eigenvalue weighted by atomic mass is 35.5. The predicted molar refractivity (Wildman–Crippen MR) is 126 cm³/mol. The Morgan fingerprint density at radius 3 is 2.27 bits per heavy atom. The van der Waals surface area contributed by atoms with E-state index in [0.29, 0.717) is 10.6 Å². The van der Waals surface area contributed by atoms with Crippen LogP contribution < -0.4 is 5.32 Å². The van der Waals surface area contributed by atoms with Gasteiger partial charge in [-0.25, -0.2) is 0 Å². The lowest BCUT2D eigenvalue weighted by molar-refractivity contribution is 0.102. The molecule has 3 aromatic carbocycles. The van der Waals surface area contributed by atoms with Gasteiger partial charge in [0.1, 0.15) is 0 Å². The molecule has 0 saturated carbocycles. The van der Waals surface area contributed by atoms with Crippen molar-refractivity contribution in [3.05, 3.63) is 94.0 Å². The summed E-state index contributed by atoms with van der Waals surface area (Å²) in [6.07, 6.45) is 4.35. The summed E-state index contributed by atoms with van der Waals surface area (Å²) in [5, 5.41) is 3.75.